The van der Waals surface area contributed by atoms with Crippen molar-refractivity contribution in [1.29, 1.82) is 0 Å². The average molecular weight is 297 g/mol. The second kappa shape index (κ2) is 4.58. The number of hydrogen-bond donors (Lipinski definition) is 2. The van der Waals surface area contributed by atoms with Gasteiger partial charge in [0.05, 0.1) is 7.11 Å². The van der Waals surface area contributed by atoms with Crippen molar-refractivity contribution in [2.45, 2.75) is 0 Å². The summed E-state index contributed by atoms with van der Waals surface area (Å²) in [5.41, 5.74) is 0.903. The lowest BCUT2D eigenvalue weighted by Crippen LogP contribution is -2.22. The predicted molar refractivity (Wildman–Crippen MR) is 65.3 cm³/mol. The van der Waals surface area contributed by atoms with Gasteiger partial charge in [-0.05, 0) is 24.3 Å². The minimum absolute atomic E-state index is 0.200. The number of methoxy groups -OCH3 is 1. The average Bonchev–Trinajstić information content (AvgIpc) is 2.58. The number of imide groups is 1. The van der Waals surface area contributed by atoms with Crippen molar-refractivity contribution >= 4 is 33.9 Å². The molecule has 88 valence electrons. The molecule has 1 aliphatic rings. The van der Waals surface area contributed by atoms with E-state index in [1.54, 1.807) is 25.3 Å². The molecule has 0 aromatic heterocycles. The quantitative estimate of drug-likeness (QED) is 0.644. The molecule has 17 heavy (non-hydrogen) atoms. The van der Waals surface area contributed by atoms with Gasteiger partial charge in [-0.3, -0.25) is 10.1 Å². The third-order valence-electron chi connectivity index (χ3n) is 2.21. The van der Waals surface area contributed by atoms with E-state index in [0.717, 1.165) is 4.47 Å². The van der Waals surface area contributed by atoms with Crippen LogP contribution in [-0.4, -0.2) is 19.0 Å². The maximum atomic E-state index is 11.4. The number of amides is 3. The van der Waals surface area contributed by atoms with Crippen molar-refractivity contribution in [3.63, 3.8) is 0 Å². The normalized spacial score (nSPS) is 16.9. The first kappa shape index (κ1) is 11.7. The second-order valence-corrected chi connectivity index (χ2v) is 4.27. The monoisotopic (exact) mass is 296 g/mol. The second-order valence-electron chi connectivity index (χ2n) is 3.35. The summed E-state index contributed by atoms with van der Waals surface area (Å²) in [6.45, 7) is 0. The molecule has 0 atom stereocenters. The number of rotatable bonds is 2. The highest BCUT2D eigenvalue weighted by atomic mass is 79.9. The van der Waals surface area contributed by atoms with Gasteiger partial charge in [0.15, 0.2) is 0 Å². The van der Waals surface area contributed by atoms with Gasteiger partial charge in [-0.2, -0.15) is 0 Å². The molecule has 2 rings (SSSR count). The predicted octanol–water partition coefficient (Wildman–Crippen LogP) is 1.64. The lowest BCUT2D eigenvalue weighted by Gasteiger charge is -2.05. The van der Waals surface area contributed by atoms with Crippen LogP contribution in [0.1, 0.15) is 5.56 Å². The SMILES string of the molecule is COc1ccc(Br)cc1/C=C1\NC(=O)NC1=O. The maximum absolute atomic E-state index is 11.4. The Labute approximate surface area is 106 Å². The van der Waals surface area contributed by atoms with Crippen molar-refractivity contribution in [3.8, 4) is 5.75 Å². The van der Waals surface area contributed by atoms with Crippen LogP contribution in [0.4, 0.5) is 4.79 Å². The van der Waals surface area contributed by atoms with Gasteiger partial charge in [-0.25, -0.2) is 4.79 Å². The van der Waals surface area contributed by atoms with E-state index in [9.17, 15) is 9.59 Å². The van der Waals surface area contributed by atoms with E-state index in [1.807, 2.05) is 6.07 Å². The van der Waals surface area contributed by atoms with Gasteiger partial charge in [0, 0.05) is 10.0 Å². The molecule has 0 spiro atoms. The van der Waals surface area contributed by atoms with Gasteiger partial charge in [-0.1, -0.05) is 15.9 Å². The lowest BCUT2D eigenvalue weighted by molar-refractivity contribution is -0.115. The molecule has 1 saturated heterocycles. The first-order valence-electron chi connectivity index (χ1n) is 4.77. The van der Waals surface area contributed by atoms with Crippen molar-refractivity contribution in [3.05, 3.63) is 33.9 Å². The highest BCUT2D eigenvalue weighted by Crippen LogP contribution is 2.25. The molecule has 0 aliphatic carbocycles. The van der Waals surface area contributed by atoms with Crippen LogP contribution >= 0.6 is 15.9 Å². The smallest absolute Gasteiger partial charge is 0.326 e. The molecule has 1 aromatic carbocycles. The minimum Gasteiger partial charge on any atom is -0.496 e. The zero-order chi connectivity index (χ0) is 12.4. The molecular weight excluding hydrogens is 288 g/mol. The molecular formula is C11H9BrN2O3. The molecule has 5 nitrogen and oxygen atoms in total. The summed E-state index contributed by atoms with van der Waals surface area (Å²) in [6, 6.07) is 4.87. The Balaban J connectivity index is 2.41. The van der Waals surface area contributed by atoms with E-state index in [0.29, 0.717) is 11.3 Å². The van der Waals surface area contributed by atoms with Crippen LogP contribution in [0, 0.1) is 0 Å². The fourth-order valence-electron chi connectivity index (χ4n) is 1.46. The zero-order valence-corrected chi connectivity index (χ0v) is 10.5. The third-order valence-corrected chi connectivity index (χ3v) is 2.70. The van der Waals surface area contributed by atoms with E-state index in [2.05, 4.69) is 26.6 Å². The molecule has 2 N–H and O–H groups in total. The number of nitrogens with one attached hydrogen (secondary N) is 2. The van der Waals surface area contributed by atoms with E-state index in [-0.39, 0.29) is 5.70 Å². The molecule has 0 radical (unpaired) electrons. The molecule has 0 saturated carbocycles. The van der Waals surface area contributed by atoms with Gasteiger partial charge in [0.25, 0.3) is 5.91 Å². The number of carbonyl (C=O) groups is 2. The van der Waals surface area contributed by atoms with Crippen molar-refractivity contribution in [2.24, 2.45) is 0 Å². The van der Waals surface area contributed by atoms with Crippen LogP contribution in [0.15, 0.2) is 28.4 Å². The molecule has 0 unspecified atom stereocenters. The van der Waals surface area contributed by atoms with Crippen LogP contribution in [0.25, 0.3) is 6.08 Å². The van der Waals surface area contributed by atoms with Gasteiger partial charge in [0.2, 0.25) is 0 Å². The zero-order valence-electron chi connectivity index (χ0n) is 8.91. The summed E-state index contributed by atoms with van der Waals surface area (Å²) < 4.78 is 6.02. The third kappa shape index (κ3) is 2.47. The van der Waals surface area contributed by atoms with Crippen molar-refractivity contribution < 1.29 is 14.3 Å². The summed E-state index contributed by atoms with van der Waals surface area (Å²) in [5, 5.41) is 4.54. The van der Waals surface area contributed by atoms with E-state index < -0.39 is 11.9 Å². The summed E-state index contributed by atoms with van der Waals surface area (Å²) in [7, 11) is 1.54. The Morgan fingerprint density at radius 2 is 2.06 bits per heavy atom. The van der Waals surface area contributed by atoms with Gasteiger partial charge in [-0.15, -0.1) is 0 Å². The first-order chi connectivity index (χ1) is 8.10. The van der Waals surface area contributed by atoms with Crippen LogP contribution < -0.4 is 15.4 Å². The van der Waals surface area contributed by atoms with Gasteiger partial charge in [0.1, 0.15) is 11.4 Å². The number of hydrogen-bond acceptors (Lipinski definition) is 3. The highest BCUT2D eigenvalue weighted by molar-refractivity contribution is 9.10. The molecule has 1 fully saturated rings. The van der Waals surface area contributed by atoms with E-state index in [4.69, 9.17) is 4.74 Å². The van der Waals surface area contributed by atoms with E-state index in [1.165, 1.54) is 0 Å². The molecule has 1 aliphatic heterocycles. The molecule has 3 amide bonds. The number of urea groups is 1. The summed E-state index contributed by atoms with van der Waals surface area (Å²) >= 11 is 3.33. The lowest BCUT2D eigenvalue weighted by atomic mass is 10.1. The van der Waals surface area contributed by atoms with Gasteiger partial charge >= 0.3 is 6.03 Å². The number of benzene rings is 1. The number of ether oxygens (including phenoxy) is 1. The summed E-state index contributed by atoms with van der Waals surface area (Å²) in [4.78, 5) is 22.3. The Kier molecular flexibility index (Phi) is 3.14. The van der Waals surface area contributed by atoms with Crippen LogP contribution in [0.3, 0.4) is 0 Å². The number of carbonyl (C=O) groups excluding carboxylic acids is 2. The van der Waals surface area contributed by atoms with Gasteiger partial charge < -0.3 is 10.1 Å². The van der Waals surface area contributed by atoms with Crippen LogP contribution in [0.5, 0.6) is 5.75 Å². The first-order valence-corrected chi connectivity index (χ1v) is 5.57. The maximum Gasteiger partial charge on any atom is 0.326 e. The number of halogens is 1. The molecule has 1 heterocycles. The molecule has 6 heteroatoms. The van der Waals surface area contributed by atoms with Crippen molar-refractivity contribution in [1.82, 2.24) is 10.6 Å². The molecule has 1 aromatic rings. The Bertz CT molecular complexity index is 525. The van der Waals surface area contributed by atoms with Crippen LogP contribution in [0.2, 0.25) is 0 Å². The summed E-state index contributed by atoms with van der Waals surface area (Å²) in [6.07, 6.45) is 1.56. The van der Waals surface area contributed by atoms with Crippen LogP contribution in [-0.2, 0) is 4.79 Å². The Morgan fingerprint density at radius 1 is 1.29 bits per heavy atom. The standard InChI is InChI=1S/C11H9BrN2O3/c1-17-9-3-2-7(12)4-6(9)5-8-10(15)14-11(16)13-8/h2-5H,1H3,(H2,13,14,15,16)/b8-5-. The van der Waals surface area contributed by atoms with Crippen molar-refractivity contribution in [2.75, 3.05) is 7.11 Å². The topological polar surface area (TPSA) is 67.4 Å². The molecule has 0 bridgehead atoms. The fraction of sp³-hybridized carbons (Fsp3) is 0.0909. The minimum atomic E-state index is -0.518. The van der Waals surface area contributed by atoms with E-state index >= 15 is 0 Å². The summed E-state index contributed by atoms with van der Waals surface area (Å²) in [5.74, 6) is 0.173. The Morgan fingerprint density at radius 3 is 2.65 bits per heavy atom. The highest BCUT2D eigenvalue weighted by Gasteiger charge is 2.23. The largest absolute Gasteiger partial charge is 0.496 e. The Hall–Kier alpha value is -1.82. The fourth-order valence-corrected chi connectivity index (χ4v) is 1.83.